The van der Waals surface area contributed by atoms with Gasteiger partial charge in [0, 0.05) is 11.3 Å². The van der Waals surface area contributed by atoms with Crippen LogP contribution in [0.2, 0.25) is 0 Å². The van der Waals surface area contributed by atoms with E-state index in [2.05, 4.69) is 10.6 Å². The molecular weight excluding hydrogens is 446 g/mol. The summed E-state index contributed by atoms with van der Waals surface area (Å²) in [6, 6.07) is 10.1. The molecule has 10 heteroatoms. The van der Waals surface area contributed by atoms with Gasteiger partial charge in [-0.15, -0.1) is 11.8 Å². The smallest absolute Gasteiger partial charge is 0.324 e. The minimum atomic E-state index is -0.462. The Labute approximate surface area is 193 Å². The van der Waals surface area contributed by atoms with Gasteiger partial charge in [0.1, 0.15) is 0 Å². The molecule has 2 atom stereocenters. The molecule has 4 amide bonds. The van der Waals surface area contributed by atoms with Crippen molar-refractivity contribution in [2.75, 3.05) is 18.7 Å². The topological polar surface area (TPSA) is 114 Å². The average molecular weight is 468 g/mol. The van der Waals surface area contributed by atoms with Crippen LogP contribution in [0.15, 0.2) is 36.4 Å². The standard InChI is InChI=1S/C23H21N3O6S/c1-12-21(28)16-8-18-17(31-11-32-18)6-14(16)7-19(33-12)22(29)25-15-4-2-13(3-5-15)10-26-20(27)9-24-23(26)30/h2-6,8,12,19H,7,9-11H2,1H3,(H,24,30)(H,25,29)/t12-,19+/m0/s1. The number of carbonyl (C=O) groups is 4. The lowest BCUT2D eigenvalue weighted by Gasteiger charge is -2.17. The highest BCUT2D eigenvalue weighted by molar-refractivity contribution is 8.02. The lowest BCUT2D eigenvalue weighted by Crippen LogP contribution is -2.30. The van der Waals surface area contributed by atoms with E-state index in [0.717, 1.165) is 16.0 Å². The van der Waals surface area contributed by atoms with E-state index < -0.39 is 11.3 Å². The first-order valence-electron chi connectivity index (χ1n) is 10.5. The molecule has 0 unspecified atom stereocenters. The number of anilines is 1. The summed E-state index contributed by atoms with van der Waals surface area (Å²) < 4.78 is 10.8. The van der Waals surface area contributed by atoms with E-state index in [0.29, 0.717) is 29.2 Å². The zero-order valence-electron chi connectivity index (χ0n) is 17.8. The molecule has 0 saturated carbocycles. The maximum atomic E-state index is 13.1. The largest absolute Gasteiger partial charge is 0.454 e. The Morgan fingerprint density at radius 2 is 1.88 bits per heavy atom. The van der Waals surface area contributed by atoms with Gasteiger partial charge in [0.05, 0.1) is 23.6 Å². The highest BCUT2D eigenvalue weighted by Gasteiger charge is 2.34. The fourth-order valence-electron chi connectivity index (χ4n) is 4.03. The van der Waals surface area contributed by atoms with Crippen molar-refractivity contribution in [3.05, 3.63) is 53.1 Å². The average Bonchev–Trinajstić information content (AvgIpc) is 3.36. The molecule has 2 N–H and O–H groups in total. The molecule has 0 radical (unpaired) electrons. The van der Waals surface area contributed by atoms with Crippen molar-refractivity contribution < 1.29 is 28.7 Å². The molecule has 33 heavy (non-hydrogen) atoms. The molecule has 170 valence electrons. The molecule has 3 aliphatic rings. The van der Waals surface area contributed by atoms with Gasteiger partial charge < -0.3 is 20.1 Å². The normalized spacial score (nSPS) is 21.5. The molecule has 0 spiro atoms. The van der Waals surface area contributed by atoms with Crippen molar-refractivity contribution in [1.29, 1.82) is 0 Å². The molecule has 0 bridgehead atoms. The summed E-state index contributed by atoms with van der Waals surface area (Å²) in [5.41, 5.74) is 2.70. The number of thioether (sulfide) groups is 1. The number of benzene rings is 2. The lowest BCUT2D eigenvalue weighted by atomic mass is 9.97. The molecular formula is C23H21N3O6S. The first-order chi connectivity index (χ1) is 15.9. The molecule has 1 saturated heterocycles. The molecule has 1 fully saturated rings. The van der Waals surface area contributed by atoms with Crippen molar-refractivity contribution in [3.8, 4) is 11.5 Å². The Kier molecular flexibility index (Phi) is 5.45. The number of amides is 4. The van der Waals surface area contributed by atoms with Crippen LogP contribution in [0.1, 0.15) is 28.4 Å². The first-order valence-corrected chi connectivity index (χ1v) is 11.4. The van der Waals surface area contributed by atoms with Gasteiger partial charge in [-0.3, -0.25) is 19.3 Å². The van der Waals surface area contributed by atoms with Gasteiger partial charge in [-0.05, 0) is 48.7 Å². The number of ether oxygens (including phenoxy) is 2. The maximum absolute atomic E-state index is 13.1. The summed E-state index contributed by atoms with van der Waals surface area (Å²) in [7, 11) is 0. The quantitative estimate of drug-likeness (QED) is 0.664. The van der Waals surface area contributed by atoms with Crippen molar-refractivity contribution in [1.82, 2.24) is 10.2 Å². The van der Waals surface area contributed by atoms with Crippen LogP contribution < -0.4 is 20.1 Å². The molecule has 9 nitrogen and oxygen atoms in total. The molecule has 5 rings (SSSR count). The fraction of sp³-hybridized carbons (Fsp3) is 0.304. The Morgan fingerprint density at radius 3 is 2.58 bits per heavy atom. The monoisotopic (exact) mass is 467 g/mol. The Hall–Kier alpha value is -3.53. The van der Waals surface area contributed by atoms with Crippen LogP contribution in [0.3, 0.4) is 0 Å². The van der Waals surface area contributed by atoms with E-state index in [9.17, 15) is 19.2 Å². The van der Waals surface area contributed by atoms with Gasteiger partial charge in [-0.1, -0.05) is 12.1 Å². The maximum Gasteiger partial charge on any atom is 0.324 e. The number of carbonyl (C=O) groups excluding carboxylic acids is 4. The molecule has 3 heterocycles. The Bertz CT molecular complexity index is 1150. The lowest BCUT2D eigenvalue weighted by molar-refractivity contribution is -0.125. The van der Waals surface area contributed by atoms with Crippen LogP contribution in [0, 0.1) is 0 Å². The minimum Gasteiger partial charge on any atom is -0.454 e. The number of hydrogen-bond acceptors (Lipinski definition) is 7. The third-order valence-electron chi connectivity index (χ3n) is 5.80. The summed E-state index contributed by atoms with van der Waals surface area (Å²) in [4.78, 5) is 50.5. The third kappa shape index (κ3) is 4.13. The van der Waals surface area contributed by atoms with Crippen molar-refractivity contribution in [3.63, 3.8) is 0 Å². The zero-order chi connectivity index (χ0) is 23.1. The van der Waals surface area contributed by atoms with Crippen molar-refractivity contribution in [2.45, 2.75) is 30.4 Å². The molecule has 0 aromatic heterocycles. The molecule has 2 aromatic rings. The van der Waals surface area contributed by atoms with Gasteiger partial charge in [-0.25, -0.2) is 4.79 Å². The number of rotatable bonds is 4. The number of imide groups is 1. The van der Waals surface area contributed by atoms with Crippen LogP contribution >= 0.6 is 11.8 Å². The summed E-state index contributed by atoms with van der Waals surface area (Å²) >= 11 is 1.33. The number of nitrogens with zero attached hydrogens (tertiary/aromatic N) is 1. The summed E-state index contributed by atoms with van der Waals surface area (Å²) in [5.74, 6) is 0.631. The van der Waals surface area contributed by atoms with Crippen LogP contribution in [0.4, 0.5) is 10.5 Å². The van der Waals surface area contributed by atoms with Gasteiger partial charge in [0.2, 0.25) is 18.6 Å². The number of Topliss-reactive ketones (excluding diaryl/α,β-unsaturated/α-hetero) is 1. The number of fused-ring (bicyclic) bond motifs is 2. The second-order valence-electron chi connectivity index (χ2n) is 8.02. The summed E-state index contributed by atoms with van der Waals surface area (Å²) in [6.07, 6.45) is 0.392. The van der Waals surface area contributed by atoms with Gasteiger partial charge in [-0.2, -0.15) is 0 Å². The number of urea groups is 1. The van der Waals surface area contributed by atoms with Gasteiger partial charge >= 0.3 is 6.03 Å². The Morgan fingerprint density at radius 1 is 1.15 bits per heavy atom. The summed E-state index contributed by atoms with van der Waals surface area (Å²) in [6.45, 7) is 2.10. The molecule has 0 aliphatic carbocycles. The predicted octanol–water partition coefficient (Wildman–Crippen LogP) is 2.33. The van der Waals surface area contributed by atoms with Crippen LogP contribution in [0.25, 0.3) is 0 Å². The molecule has 3 aliphatic heterocycles. The van der Waals surface area contributed by atoms with E-state index in [-0.39, 0.29) is 42.7 Å². The zero-order valence-corrected chi connectivity index (χ0v) is 18.6. The highest BCUT2D eigenvalue weighted by atomic mass is 32.2. The number of ketones is 1. The highest BCUT2D eigenvalue weighted by Crippen LogP contribution is 2.39. The van der Waals surface area contributed by atoms with Crippen LogP contribution in [-0.4, -0.2) is 52.4 Å². The van der Waals surface area contributed by atoms with Gasteiger partial charge in [0.15, 0.2) is 17.3 Å². The van der Waals surface area contributed by atoms with E-state index in [4.69, 9.17) is 9.47 Å². The summed E-state index contributed by atoms with van der Waals surface area (Å²) in [5, 5.41) is 4.55. The van der Waals surface area contributed by atoms with E-state index >= 15 is 0 Å². The Balaban J connectivity index is 1.29. The second-order valence-corrected chi connectivity index (χ2v) is 9.57. The minimum absolute atomic E-state index is 0.0119. The second kappa shape index (κ2) is 8.43. The van der Waals surface area contributed by atoms with Crippen molar-refractivity contribution in [2.24, 2.45) is 0 Å². The number of nitrogens with one attached hydrogen (secondary N) is 2. The SMILES string of the molecule is C[C@@H]1S[C@@H](C(=O)Nc2ccc(CN3C(=O)CNC3=O)cc2)Cc2cc3c(cc2C1=O)OCO3. The van der Waals surface area contributed by atoms with E-state index in [1.165, 1.54) is 11.8 Å². The van der Waals surface area contributed by atoms with E-state index in [1.807, 2.05) is 0 Å². The van der Waals surface area contributed by atoms with Crippen molar-refractivity contribution >= 4 is 41.1 Å². The predicted molar refractivity (Wildman–Crippen MR) is 120 cm³/mol. The third-order valence-corrected chi connectivity index (χ3v) is 7.13. The van der Waals surface area contributed by atoms with Crippen LogP contribution in [0.5, 0.6) is 11.5 Å². The fourth-order valence-corrected chi connectivity index (χ4v) is 5.23. The van der Waals surface area contributed by atoms with Crippen LogP contribution in [-0.2, 0) is 22.6 Å². The number of hydrogen-bond donors (Lipinski definition) is 2. The van der Waals surface area contributed by atoms with E-state index in [1.54, 1.807) is 43.3 Å². The molecule has 2 aromatic carbocycles. The van der Waals surface area contributed by atoms with Gasteiger partial charge in [0.25, 0.3) is 0 Å². The first kappa shape index (κ1) is 21.3.